The highest BCUT2D eigenvalue weighted by Gasteiger charge is 2.24. The van der Waals surface area contributed by atoms with E-state index in [1.807, 2.05) is 18.2 Å². The van der Waals surface area contributed by atoms with Gasteiger partial charge < -0.3 is 4.42 Å². The Hall–Kier alpha value is -6.00. The highest BCUT2D eigenvalue weighted by atomic mass is 16.3. The highest BCUT2D eigenvalue weighted by Crippen LogP contribution is 2.45. The summed E-state index contributed by atoms with van der Waals surface area (Å²) in [4.78, 5) is 10.7. The molecule has 204 valence electrons. The summed E-state index contributed by atoms with van der Waals surface area (Å²) >= 11 is 0. The first kappa shape index (κ1) is 23.6. The molecule has 0 N–H and O–H groups in total. The Kier molecular flexibility index (Phi) is 4.69. The second-order valence-corrected chi connectivity index (χ2v) is 11.3. The van der Waals surface area contributed by atoms with E-state index in [0.29, 0.717) is 5.95 Å². The van der Waals surface area contributed by atoms with Gasteiger partial charge >= 0.3 is 0 Å². The fourth-order valence-corrected chi connectivity index (χ4v) is 7.13. The van der Waals surface area contributed by atoms with Crippen LogP contribution in [0.1, 0.15) is 0 Å². The van der Waals surface area contributed by atoms with Crippen LogP contribution in [0.25, 0.3) is 93.4 Å². The molecule has 3 heterocycles. The SMILES string of the molecule is c1ccc2c(-c3nc(-n4c5ccccc5c5c6ccccc6c6oc7ccccc7c6c54)nc4ccccc34)cccc2c1. The van der Waals surface area contributed by atoms with Crippen LogP contribution >= 0.6 is 0 Å². The second-order valence-electron chi connectivity index (χ2n) is 11.3. The first-order valence-corrected chi connectivity index (χ1v) is 14.9. The molecule has 0 amide bonds. The summed E-state index contributed by atoms with van der Waals surface area (Å²) in [6, 6.07) is 48.7. The fourth-order valence-electron chi connectivity index (χ4n) is 7.13. The van der Waals surface area contributed by atoms with Crippen molar-refractivity contribution in [3.63, 3.8) is 0 Å². The normalized spacial score (nSPS) is 12.1. The third-order valence-electron chi connectivity index (χ3n) is 8.98. The van der Waals surface area contributed by atoms with Crippen LogP contribution in [0.4, 0.5) is 0 Å². The summed E-state index contributed by atoms with van der Waals surface area (Å²) in [5.74, 6) is 0.639. The quantitative estimate of drug-likeness (QED) is 0.211. The number of aromatic nitrogens is 3. The smallest absolute Gasteiger partial charge is 0.235 e. The lowest BCUT2D eigenvalue weighted by molar-refractivity contribution is 0.673. The summed E-state index contributed by atoms with van der Waals surface area (Å²) in [5.41, 5.74) is 6.78. The van der Waals surface area contributed by atoms with Gasteiger partial charge in [-0.25, -0.2) is 9.97 Å². The van der Waals surface area contributed by atoms with Crippen LogP contribution in [0, 0.1) is 0 Å². The lowest BCUT2D eigenvalue weighted by Gasteiger charge is -2.13. The number of nitrogens with zero attached hydrogens (tertiary/aromatic N) is 3. The van der Waals surface area contributed by atoms with Crippen LogP contribution in [0.5, 0.6) is 0 Å². The van der Waals surface area contributed by atoms with Crippen LogP contribution in [0.15, 0.2) is 144 Å². The highest BCUT2D eigenvalue weighted by molar-refractivity contribution is 6.35. The van der Waals surface area contributed by atoms with Crippen molar-refractivity contribution < 1.29 is 4.42 Å². The zero-order valence-electron chi connectivity index (χ0n) is 23.5. The molecule has 0 aliphatic rings. The van der Waals surface area contributed by atoms with Crippen molar-refractivity contribution in [1.82, 2.24) is 14.5 Å². The predicted molar refractivity (Wildman–Crippen MR) is 182 cm³/mol. The molecule has 4 heteroatoms. The average molecular weight is 562 g/mol. The van der Waals surface area contributed by atoms with Crippen molar-refractivity contribution in [2.24, 2.45) is 0 Å². The van der Waals surface area contributed by atoms with Crippen molar-refractivity contribution in [3.05, 3.63) is 140 Å². The summed E-state index contributed by atoms with van der Waals surface area (Å²) in [6.45, 7) is 0. The second kappa shape index (κ2) is 8.76. The Morgan fingerprint density at radius 1 is 0.477 bits per heavy atom. The Morgan fingerprint density at radius 3 is 2.02 bits per heavy atom. The summed E-state index contributed by atoms with van der Waals surface area (Å²) in [7, 11) is 0. The molecule has 0 atom stereocenters. The van der Waals surface area contributed by atoms with Gasteiger partial charge in [0.05, 0.1) is 27.6 Å². The first-order valence-electron chi connectivity index (χ1n) is 14.9. The number of benzene rings is 7. The number of fused-ring (bicyclic) bond motifs is 12. The molecule has 0 aliphatic carbocycles. The summed E-state index contributed by atoms with van der Waals surface area (Å²) < 4.78 is 8.87. The molecule has 0 aliphatic heterocycles. The third-order valence-corrected chi connectivity index (χ3v) is 8.98. The van der Waals surface area contributed by atoms with Gasteiger partial charge in [-0.05, 0) is 34.4 Å². The van der Waals surface area contributed by atoms with Crippen LogP contribution in [-0.2, 0) is 0 Å². The Labute approximate surface area is 251 Å². The molecular formula is C40H23N3O. The molecule has 7 aromatic carbocycles. The van der Waals surface area contributed by atoms with Crippen LogP contribution in [0.2, 0.25) is 0 Å². The molecule has 0 saturated carbocycles. The van der Waals surface area contributed by atoms with Gasteiger partial charge in [-0.15, -0.1) is 0 Å². The maximum Gasteiger partial charge on any atom is 0.235 e. The molecule has 0 radical (unpaired) electrons. The molecule has 10 aromatic rings. The monoisotopic (exact) mass is 561 g/mol. The lowest BCUT2D eigenvalue weighted by atomic mass is 9.99. The topological polar surface area (TPSA) is 43.9 Å². The van der Waals surface area contributed by atoms with Crippen molar-refractivity contribution >= 4 is 76.2 Å². The number of para-hydroxylation sites is 3. The van der Waals surface area contributed by atoms with Crippen LogP contribution < -0.4 is 0 Å². The van der Waals surface area contributed by atoms with Gasteiger partial charge in [-0.2, -0.15) is 0 Å². The molecule has 44 heavy (non-hydrogen) atoms. The molecule has 0 unspecified atom stereocenters. The first-order chi connectivity index (χ1) is 21.8. The van der Waals surface area contributed by atoms with Gasteiger partial charge in [0, 0.05) is 32.5 Å². The van der Waals surface area contributed by atoms with Gasteiger partial charge in [0.2, 0.25) is 5.95 Å². The molecule has 0 saturated heterocycles. The van der Waals surface area contributed by atoms with E-state index in [1.165, 1.54) is 16.2 Å². The van der Waals surface area contributed by atoms with Crippen molar-refractivity contribution in [1.29, 1.82) is 0 Å². The van der Waals surface area contributed by atoms with Crippen LogP contribution in [0.3, 0.4) is 0 Å². The minimum atomic E-state index is 0.639. The molecule has 0 fully saturated rings. The summed E-state index contributed by atoms with van der Waals surface area (Å²) in [5, 5.41) is 10.1. The third kappa shape index (κ3) is 3.11. The molecule has 3 aromatic heterocycles. The van der Waals surface area contributed by atoms with E-state index >= 15 is 0 Å². The van der Waals surface area contributed by atoms with E-state index in [2.05, 4.69) is 126 Å². The van der Waals surface area contributed by atoms with Gasteiger partial charge in [-0.3, -0.25) is 4.57 Å². The van der Waals surface area contributed by atoms with E-state index in [0.717, 1.165) is 71.3 Å². The number of furan rings is 1. The van der Waals surface area contributed by atoms with Crippen molar-refractivity contribution in [2.45, 2.75) is 0 Å². The maximum atomic E-state index is 6.62. The number of hydrogen-bond donors (Lipinski definition) is 0. The Bertz CT molecular complexity index is 2780. The molecule has 10 rings (SSSR count). The van der Waals surface area contributed by atoms with Gasteiger partial charge in [0.25, 0.3) is 0 Å². The standard InChI is InChI=1S/C40H23N3O/c1-2-14-25-24(12-1)13-11-20-27(25)37-29-17-5-8-21-32(29)41-40(42-37)43-33-22-9-6-18-30(33)35-26-15-3-4-16-28(26)39-36(38(35)43)31-19-7-10-23-34(31)44-39/h1-23H. The molecule has 4 nitrogen and oxygen atoms in total. The fraction of sp³-hybridized carbons (Fsp3) is 0. The Balaban J connectivity index is 1.44. The van der Waals surface area contributed by atoms with E-state index in [-0.39, 0.29) is 0 Å². The lowest BCUT2D eigenvalue weighted by Crippen LogP contribution is -2.04. The van der Waals surface area contributed by atoms with E-state index in [9.17, 15) is 0 Å². The average Bonchev–Trinajstić information content (AvgIpc) is 3.64. The zero-order chi connectivity index (χ0) is 28.8. The minimum absolute atomic E-state index is 0.639. The van der Waals surface area contributed by atoms with E-state index in [4.69, 9.17) is 14.4 Å². The summed E-state index contributed by atoms with van der Waals surface area (Å²) in [6.07, 6.45) is 0. The Morgan fingerprint density at radius 2 is 1.14 bits per heavy atom. The molecule has 0 spiro atoms. The maximum absolute atomic E-state index is 6.62. The number of rotatable bonds is 2. The van der Waals surface area contributed by atoms with Crippen molar-refractivity contribution in [2.75, 3.05) is 0 Å². The van der Waals surface area contributed by atoms with Gasteiger partial charge in [0.1, 0.15) is 11.2 Å². The number of hydrogen-bond acceptors (Lipinski definition) is 3. The van der Waals surface area contributed by atoms with E-state index < -0.39 is 0 Å². The van der Waals surface area contributed by atoms with Gasteiger partial charge in [0.15, 0.2) is 0 Å². The molecular weight excluding hydrogens is 538 g/mol. The van der Waals surface area contributed by atoms with Gasteiger partial charge in [-0.1, -0.05) is 121 Å². The van der Waals surface area contributed by atoms with Crippen LogP contribution in [-0.4, -0.2) is 14.5 Å². The minimum Gasteiger partial charge on any atom is -0.455 e. The van der Waals surface area contributed by atoms with E-state index in [1.54, 1.807) is 0 Å². The predicted octanol–water partition coefficient (Wildman–Crippen LogP) is 10.6. The van der Waals surface area contributed by atoms with Crippen molar-refractivity contribution in [3.8, 4) is 17.2 Å². The molecule has 0 bridgehead atoms. The zero-order valence-corrected chi connectivity index (χ0v) is 23.5. The largest absolute Gasteiger partial charge is 0.455 e.